The van der Waals surface area contributed by atoms with Gasteiger partial charge in [0.1, 0.15) is 0 Å². The molecule has 2 bridgehead atoms. The van der Waals surface area contributed by atoms with Crippen LogP contribution in [0, 0.1) is 5.92 Å². The van der Waals surface area contributed by atoms with Gasteiger partial charge in [-0.05, 0) is 78.4 Å². The highest BCUT2D eigenvalue weighted by Crippen LogP contribution is 2.34. The van der Waals surface area contributed by atoms with Gasteiger partial charge in [-0.3, -0.25) is 14.7 Å². The van der Waals surface area contributed by atoms with Crippen molar-refractivity contribution in [2.24, 2.45) is 5.92 Å². The van der Waals surface area contributed by atoms with Crippen molar-refractivity contribution in [3.05, 3.63) is 84.2 Å². The molecule has 152 valence electrons. The summed E-state index contributed by atoms with van der Waals surface area (Å²) in [5, 5.41) is 5.74. The summed E-state index contributed by atoms with van der Waals surface area (Å²) in [6, 6.07) is 19.2. The van der Waals surface area contributed by atoms with Crippen LogP contribution < -0.4 is 5.32 Å². The van der Waals surface area contributed by atoms with E-state index in [1.165, 1.54) is 29.2 Å². The summed E-state index contributed by atoms with van der Waals surface area (Å²) in [4.78, 5) is 19.6. The zero-order valence-electron chi connectivity index (χ0n) is 17.1. The smallest absolute Gasteiger partial charge is 0.244 e. The molecule has 4 nitrogen and oxygen atoms in total. The van der Waals surface area contributed by atoms with Crippen LogP contribution in [0.25, 0.3) is 16.8 Å². The number of carbonyl (C=O) groups is 1. The van der Waals surface area contributed by atoms with Crippen LogP contribution in [0.4, 0.5) is 0 Å². The second-order valence-corrected chi connectivity index (χ2v) is 8.48. The number of piperidine rings is 3. The fourth-order valence-corrected chi connectivity index (χ4v) is 5.08. The number of benzene rings is 2. The lowest BCUT2D eigenvalue weighted by molar-refractivity contribution is -0.119. The lowest BCUT2D eigenvalue weighted by Gasteiger charge is -2.51. The molecule has 1 N–H and O–H groups in total. The summed E-state index contributed by atoms with van der Waals surface area (Å²) in [6.45, 7) is 2.27. The topological polar surface area (TPSA) is 45.2 Å². The third-order valence-corrected chi connectivity index (χ3v) is 6.64. The van der Waals surface area contributed by atoms with Crippen molar-refractivity contribution in [3.63, 3.8) is 0 Å². The number of hydrogen-bond acceptors (Lipinski definition) is 3. The maximum Gasteiger partial charge on any atom is 0.244 e. The van der Waals surface area contributed by atoms with Crippen molar-refractivity contribution in [3.8, 4) is 0 Å². The molecule has 30 heavy (non-hydrogen) atoms. The van der Waals surface area contributed by atoms with Crippen molar-refractivity contribution in [2.45, 2.75) is 31.3 Å². The third-order valence-electron chi connectivity index (χ3n) is 6.64. The normalized spacial score (nSPS) is 25.6. The lowest BCUT2D eigenvalue weighted by atomic mass is 9.77. The first-order valence-corrected chi connectivity index (χ1v) is 10.9. The minimum Gasteiger partial charge on any atom is -0.348 e. The fraction of sp³-hybridized carbons (Fsp3) is 0.308. The number of nitrogens with zero attached hydrogens (tertiary/aromatic N) is 2. The van der Waals surface area contributed by atoms with Crippen LogP contribution in [-0.2, 0) is 11.2 Å². The molecule has 6 rings (SSSR count). The predicted octanol–water partition coefficient (Wildman–Crippen LogP) is 4.07. The van der Waals surface area contributed by atoms with Gasteiger partial charge in [0.15, 0.2) is 0 Å². The van der Waals surface area contributed by atoms with E-state index in [1.807, 2.05) is 36.7 Å². The Morgan fingerprint density at radius 1 is 1.07 bits per heavy atom. The predicted molar refractivity (Wildman–Crippen MR) is 121 cm³/mol. The monoisotopic (exact) mass is 397 g/mol. The minimum atomic E-state index is -0.00176. The molecule has 0 aliphatic carbocycles. The molecule has 3 aromatic rings. The molecule has 3 aliphatic heterocycles. The van der Waals surface area contributed by atoms with E-state index in [9.17, 15) is 4.79 Å². The highest BCUT2D eigenvalue weighted by atomic mass is 16.1. The molecule has 1 aromatic heterocycles. The van der Waals surface area contributed by atoms with Crippen LogP contribution in [0.5, 0.6) is 0 Å². The second-order valence-electron chi connectivity index (χ2n) is 8.48. The molecule has 3 fully saturated rings. The van der Waals surface area contributed by atoms with E-state index in [1.54, 1.807) is 6.08 Å². The summed E-state index contributed by atoms with van der Waals surface area (Å²) in [5.74, 6) is 0.563. The largest absolute Gasteiger partial charge is 0.348 e. The van der Waals surface area contributed by atoms with Crippen LogP contribution in [0.15, 0.2) is 73.1 Å². The van der Waals surface area contributed by atoms with E-state index in [-0.39, 0.29) is 11.9 Å². The van der Waals surface area contributed by atoms with Gasteiger partial charge in [-0.1, -0.05) is 42.5 Å². The van der Waals surface area contributed by atoms with Crippen LogP contribution >= 0.6 is 0 Å². The summed E-state index contributed by atoms with van der Waals surface area (Å²) in [5.41, 5.74) is 2.28. The van der Waals surface area contributed by atoms with Gasteiger partial charge < -0.3 is 5.32 Å². The average molecular weight is 398 g/mol. The first-order chi connectivity index (χ1) is 14.8. The molecule has 1 amide bonds. The molecular formula is C26H27N3O. The van der Waals surface area contributed by atoms with E-state index >= 15 is 0 Å². The summed E-state index contributed by atoms with van der Waals surface area (Å²) in [7, 11) is 0. The van der Waals surface area contributed by atoms with Gasteiger partial charge in [0.05, 0.1) is 0 Å². The van der Waals surface area contributed by atoms with Crippen LogP contribution in [-0.4, -0.2) is 41.0 Å². The van der Waals surface area contributed by atoms with E-state index in [0.29, 0.717) is 12.0 Å². The van der Waals surface area contributed by atoms with E-state index in [4.69, 9.17) is 0 Å². The summed E-state index contributed by atoms with van der Waals surface area (Å²) >= 11 is 0. The lowest BCUT2D eigenvalue weighted by Crippen LogP contribution is -2.64. The van der Waals surface area contributed by atoms with Crippen molar-refractivity contribution < 1.29 is 4.79 Å². The molecule has 3 aliphatic rings. The van der Waals surface area contributed by atoms with Crippen LogP contribution in [0.3, 0.4) is 0 Å². The Balaban J connectivity index is 1.29. The third kappa shape index (κ3) is 4.01. The number of fused-ring (bicyclic) bond motifs is 4. The van der Waals surface area contributed by atoms with E-state index in [2.05, 4.69) is 51.6 Å². The van der Waals surface area contributed by atoms with Gasteiger partial charge in [-0.2, -0.15) is 0 Å². The Morgan fingerprint density at radius 2 is 1.90 bits per heavy atom. The highest BCUT2D eigenvalue weighted by molar-refractivity contribution is 5.93. The maximum atomic E-state index is 12.8. The average Bonchev–Trinajstić information content (AvgIpc) is 2.80. The number of rotatable bonds is 5. The molecular weight excluding hydrogens is 370 g/mol. The van der Waals surface area contributed by atoms with Crippen molar-refractivity contribution in [1.82, 2.24) is 15.2 Å². The molecule has 3 saturated heterocycles. The van der Waals surface area contributed by atoms with Crippen molar-refractivity contribution in [2.75, 3.05) is 13.1 Å². The van der Waals surface area contributed by atoms with Gasteiger partial charge in [-0.15, -0.1) is 0 Å². The van der Waals surface area contributed by atoms with Gasteiger partial charge >= 0.3 is 0 Å². The van der Waals surface area contributed by atoms with Crippen molar-refractivity contribution in [1.29, 1.82) is 0 Å². The maximum absolute atomic E-state index is 12.8. The molecule has 2 atom stereocenters. The first kappa shape index (κ1) is 19.0. The number of nitrogens with one attached hydrogen (secondary N) is 1. The zero-order chi connectivity index (χ0) is 20.3. The van der Waals surface area contributed by atoms with E-state index in [0.717, 1.165) is 25.1 Å². The van der Waals surface area contributed by atoms with E-state index < -0.39 is 0 Å². The Morgan fingerprint density at radius 3 is 2.70 bits per heavy atom. The Bertz CT molecular complexity index is 1050. The van der Waals surface area contributed by atoms with Gasteiger partial charge in [0.25, 0.3) is 0 Å². The number of hydrogen-bond donors (Lipinski definition) is 1. The SMILES string of the molecule is O=C(/C=C/c1ccc2ccccc2c1)NC1C2CCN(CC2)C1Cc1cccnc1. The van der Waals surface area contributed by atoms with Crippen LogP contribution in [0.2, 0.25) is 0 Å². The molecule has 2 aromatic carbocycles. The quantitative estimate of drug-likeness (QED) is 0.660. The van der Waals surface area contributed by atoms with Gasteiger partial charge in [0, 0.05) is 30.6 Å². The Labute approximate surface area is 177 Å². The summed E-state index contributed by atoms with van der Waals surface area (Å²) < 4.78 is 0. The fourth-order valence-electron chi connectivity index (χ4n) is 5.08. The Hall–Kier alpha value is -2.98. The molecule has 0 spiro atoms. The highest BCUT2D eigenvalue weighted by Gasteiger charge is 2.42. The molecule has 0 saturated carbocycles. The van der Waals surface area contributed by atoms with Gasteiger partial charge in [0.2, 0.25) is 5.91 Å². The van der Waals surface area contributed by atoms with Gasteiger partial charge in [-0.25, -0.2) is 0 Å². The number of carbonyl (C=O) groups excluding carboxylic acids is 1. The number of aromatic nitrogens is 1. The summed E-state index contributed by atoms with van der Waals surface area (Å²) in [6.07, 6.45) is 10.6. The molecule has 0 radical (unpaired) electrons. The van der Waals surface area contributed by atoms with Crippen molar-refractivity contribution >= 4 is 22.8 Å². The Kier molecular flexibility index (Phi) is 5.33. The molecule has 4 heterocycles. The standard InChI is InChI=1S/C26H27N3O/c30-25(10-8-19-7-9-21-5-1-2-6-23(21)16-19)28-26-22-11-14-29(15-12-22)24(26)17-20-4-3-13-27-18-20/h1-10,13,16,18,22,24,26H,11-12,14-15,17H2,(H,28,30)/b10-8+. The zero-order valence-corrected chi connectivity index (χ0v) is 17.1. The first-order valence-electron chi connectivity index (χ1n) is 10.9. The molecule has 4 heteroatoms. The number of amides is 1. The minimum absolute atomic E-state index is 0.00176. The molecule has 2 unspecified atom stereocenters. The number of pyridine rings is 1. The van der Waals surface area contributed by atoms with Crippen LogP contribution in [0.1, 0.15) is 24.0 Å². The second kappa shape index (κ2) is 8.41.